The number of benzene rings is 1. The van der Waals surface area contributed by atoms with Crippen molar-refractivity contribution in [2.24, 2.45) is 5.41 Å². The molecule has 4 nitrogen and oxygen atoms in total. The molecular weight excluding hydrogens is 242 g/mol. The molecule has 2 rings (SSSR count). The summed E-state index contributed by atoms with van der Waals surface area (Å²) in [4.78, 5) is 11.9. The molecule has 0 aromatic heterocycles. The molecule has 1 saturated carbocycles. The molecule has 0 bridgehead atoms. The molecule has 1 aromatic carbocycles. The van der Waals surface area contributed by atoms with Crippen molar-refractivity contribution in [3.63, 3.8) is 0 Å². The van der Waals surface area contributed by atoms with Crippen molar-refractivity contribution in [2.45, 2.75) is 26.2 Å². The number of aliphatic hydroxyl groups excluding tert-OH is 1. The van der Waals surface area contributed by atoms with E-state index in [1.165, 1.54) is 5.56 Å². The molecule has 1 aliphatic rings. The highest BCUT2D eigenvalue weighted by Crippen LogP contribution is 2.45. The average molecular weight is 263 g/mol. The van der Waals surface area contributed by atoms with E-state index < -0.39 is 5.41 Å². The fraction of sp³-hybridized carbons (Fsp3) is 0.533. The first-order chi connectivity index (χ1) is 9.11. The second-order valence-electron chi connectivity index (χ2n) is 5.26. The molecule has 0 aliphatic heterocycles. The quantitative estimate of drug-likeness (QED) is 0.816. The Labute approximate surface area is 113 Å². The Kier molecular flexibility index (Phi) is 4.10. The van der Waals surface area contributed by atoms with Crippen LogP contribution in [0.1, 0.15) is 24.0 Å². The summed E-state index contributed by atoms with van der Waals surface area (Å²) in [6, 6.07) is 6.03. The summed E-state index contributed by atoms with van der Waals surface area (Å²) in [7, 11) is 1.65. The van der Waals surface area contributed by atoms with Gasteiger partial charge in [-0.15, -0.1) is 0 Å². The topological polar surface area (TPSA) is 58.6 Å². The Bertz CT molecular complexity index is 466. The van der Waals surface area contributed by atoms with E-state index in [1.54, 1.807) is 7.11 Å². The van der Waals surface area contributed by atoms with E-state index in [9.17, 15) is 9.90 Å². The second-order valence-corrected chi connectivity index (χ2v) is 5.26. The van der Waals surface area contributed by atoms with E-state index in [2.05, 4.69) is 11.4 Å². The van der Waals surface area contributed by atoms with Crippen LogP contribution in [0, 0.1) is 12.3 Å². The highest BCUT2D eigenvalue weighted by Gasteiger charge is 2.49. The fourth-order valence-corrected chi connectivity index (χ4v) is 2.21. The summed E-state index contributed by atoms with van der Waals surface area (Å²) in [5.41, 5.74) is 1.78. The standard InChI is InChI=1S/C15H21NO3/c1-11-3-4-13(19-2)12(9-11)5-8-16-14(18)15(10-17)6-7-15/h3-4,9,17H,5-8,10H2,1-2H3,(H,16,18). The molecule has 104 valence electrons. The molecule has 1 amide bonds. The number of carbonyl (C=O) groups excluding carboxylic acids is 1. The molecule has 4 heteroatoms. The van der Waals surface area contributed by atoms with E-state index >= 15 is 0 Å². The number of rotatable bonds is 6. The second kappa shape index (κ2) is 5.61. The van der Waals surface area contributed by atoms with Crippen LogP contribution in [0.5, 0.6) is 5.75 Å². The maximum atomic E-state index is 11.9. The maximum Gasteiger partial charge on any atom is 0.228 e. The third-order valence-electron chi connectivity index (χ3n) is 3.75. The molecule has 0 atom stereocenters. The molecule has 0 saturated heterocycles. The lowest BCUT2D eigenvalue weighted by molar-refractivity contribution is -0.127. The first-order valence-corrected chi connectivity index (χ1v) is 6.64. The summed E-state index contributed by atoms with van der Waals surface area (Å²) in [6.07, 6.45) is 2.32. The lowest BCUT2D eigenvalue weighted by Gasteiger charge is -2.13. The Morgan fingerprint density at radius 2 is 2.21 bits per heavy atom. The van der Waals surface area contributed by atoms with E-state index in [0.29, 0.717) is 6.54 Å². The zero-order chi connectivity index (χ0) is 13.9. The Balaban J connectivity index is 1.89. The van der Waals surface area contributed by atoms with E-state index in [4.69, 9.17) is 4.74 Å². The highest BCUT2D eigenvalue weighted by molar-refractivity contribution is 5.85. The van der Waals surface area contributed by atoms with E-state index in [0.717, 1.165) is 30.6 Å². The number of carbonyl (C=O) groups is 1. The number of aliphatic hydroxyl groups is 1. The van der Waals surface area contributed by atoms with Gasteiger partial charge in [-0.25, -0.2) is 0 Å². The van der Waals surface area contributed by atoms with Gasteiger partial charge in [-0.05, 0) is 37.8 Å². The van der Waals surface area contributed by atoms with Gasteiger partial charge in [0.15, 0.2) is 0 Å². The SMILES string of the molecule is COc1ccc(C)cc1CCNC(=O)C1(CO)CC1. The number of hydrogen-bond donors (Lipinski definition) is 2. The molecule has 0 radical (unpaired) electrons. The summed E-state index contributed by atoms with van der Waals surface area (Å²) >= 11 is 0. The lowest BCUT2D eigenvalue weighted by Crippen LogP contribution is -2.35. The van der Waals surface area contributed by atoms with Gasteiger partial charge in [-0.2, -0.15) is 0 Å². The van der Waals surface area contributed by atoms with Crippen molar-refractivity contribution in [1.82, 2.24) is 5.32 Å². The van der Waals surface area contributed by atoms with Crippen LogP contribution < -0.4 is 10.1 Å². The number of methoxy groups -OCH3 is 1. The van der Waals surface area contributed by atoms with Crippen LogP contribution in [0.4, 0.5) is 0 Å². The minimum absolute atomic E-state index is 0.0263. The van der Waals surface area contributed by atoms with Gasteiger partial charge in [-0.1, -0.05) is 17.7 Å². The average Bonchev–Trinajstić information content (AvgIpc) is 3.20. The smallest absolute Gasteiger partial charge is 0.228 e. The largest absolute Gasteiger partial charge is 0.496 e. The van der Waals surface area contributed by atoms with Crippen LogP contribution in [0.25, 0.3) is 0 Å². The molecule has 0 spiro atoms. The molecular formula is C15H21NO3. The molecule has 1 aliphatic carbocycles. The van der Waals surface area contributed by atoms with E-state index in [1.807, 2.05) is 19.1 Å². The first kappa shape index (κ1) is 13.9. The zero-order valence-electron chi connectivity index (χ0n) is 11.5. The first-order valence-electron chi connectivity index (χ1n) is 6.64. The van der Waals surface area contributed by atoms with Crippen molar-refractivity contribution in [3.05, 3.63) is 29.3 Å². The fourth-order valence-electron chi connectivity index (χ4n) is 2.21. The van der Waals surface area contributed by atoms with Crippen LogP contribution in [-0.4, -0.2) is 31.3 Å². The summed E-state index contributed by atoms with van der Waals surface area (Å²) in [6.45, 7) is 2.56. The van der Waals surface area contributed by atoms with Gasteiger partial charge < -0.3 is 15.2 Å². The van der Waals surface area contributed by atoms with Crippen molar-refractivity contribution < 1.29 is 14.6 Å². The van der Waals surface area contributed by atoms with Crippen molar-refractivity contribution in [2.75, 3.05) is 20.3 Å². The van der Waals surface area contributed by atoms with Crippen LogP contribution in [-0.2, 0) is 11.2 Å². The minimum Gasteiger partial charge on any atom is -0.496 e. The Hall–Kier alpha value is -1.55. The predicted molar refractivity (Wildman–Crippen MR) is 73.2 cm³/mol. The summed E-state index contributed by atoms with van der Waals surface area (Å²) in [5, 5.41) is 12.1. The number of ether oxygens (including phenoxy) is 1. The van der Waals surface area contributed by atoms with Gasteiger partial charge in [-0.3, -0.25) is 4.79 Å². The van der Waals surface area contributed by atoms with Crippen LogP contribution in [0.3, 0.4) is 0 Å². The Morgan fingerprint density at radius 3 is 2.79 bits per heavy atom. The summed E-state index contributed by atoms with van der Waals surface area (Å²) in [5.74, 6) is 0.824. The van der Waals surface area contributed by atoms with E-state index in [-0.39, 0.29) is 12.5 Å². The third-order valence-corrected chi connectivity index (χ3v) is 3.75. The molecule has 0 heterocycles. The number of aryl methyl sites for hydroxylation is 1. The zero-order valence-corrected chi connectivity index (χ0v) is 11.5. The highest BCUT2D eigenvalue weighted by atomic mass is 16.5. The van der Waals surface area contributed by atoms with Crippen molar-refractivity contribution in [3.8, 4) is 5.75 Å². The van der Waals surface area contributed by atoms with Crippen LogP contribution >= 0.6 is 0 Å². The molecule has 1 fully saturated rings. The monoisotopic (exact) mass is 263 g/mol. The van der Waals surface area contributed by atoms with Gasteiger partial charge in [0.05, 0.1) is 19.1 Å². The molecule has 0 unspecified atom stereocenters. The molecule has 2 N–H and O–H groups in total. The lowest BCUT2D eigenvalue weighted by atomic mass is 10.1. The van der Waals surface area contributed by atoms with Gasteiger partial charge in [0.2, 0.25) is 5.91 Å². The van der Waals surface area contributed by atoms with Crippen molar-refractivity contribution >= 4 is 5.91 Å². The van der Waals surface area contributed by atoms with Crippen molar-refractivity contribution in [1.29, 1.82) is 0 Å². The minimum atomic E-state index is -0.489. The van der Waals surface area contributed by atoms with Gasteiger partial charge in [0.25, 0.3) is 0 Å². The van der Waals surface area contributed by atoms with Gasteiger partial charge >= 0.3 is 0 Å². The third kappa shape index (κ3) is 3.07. The predicted octanol–water partition coefficient (Wildman–Crippen LogP) is 1.43. The molecule has 19 heavy (non-hydrogen) atoms. The number of hydrogen-bond acceptors (Lipinski definition) is 3. The Morgan fingerprint density at radius 1 is 1.47 bits per heavy atom. The summed E-state index contributed by atoms with van der Waals surface area (Å²) < 4.78 is 5.31. The van der Waals surface area contributed by atoms with Gasteiger partial charge in [0, 0.05) is 6.54 Å². The molecule has 1 aromatic rings. The van der Waals surface area contributed by atoms with Crippen LogP contribution in [0.2, 0.25) is 0 Å². The number of nitrogens with one attached hydrogen (secondary N) is 1. The van der Waals surface area contributed by atoms with Crippen LogP contribution in [0.15, 0.2) is 18.2 Å². The number of amides is 1. The maximum absolute atomic E-state index is 11.9. The normalized spacial score (nSPS) is 15.9. The van der Waals surface area contributed by atoms with Gasteiger partial charge in [0.1, 0.15) is 5.75 Å².